The van der Waals surface area contributed by atoms with Gasteiger partial charge in [-0.1, -0.05) is 12.1 Å². The monoisotopic (exact) mass is 356 g/mol. The van der Waals surface area contributed by atoms with Crippen molar-refractivity contribution >= 4 is 23.3 Å². The van der Waals surface area contributed by atoms with Crippen LogP contribution in [0.25, 0.3) is 0 Å². The summed E-state index contributed by atoms with van der Waals surface area (Å²) in [6.45, 7) is 2.61. The van der Waals surface area contributed by atoms with Crippen LogP contribution in [0.1, 0.15) is 20.7 Å². The third-order valence-electron chi connectivity index (χ3n) is 4.21. The van der Waals surface area contributed by atoms with Gasteiger partial charge in [0.15, 0.2) is 0 Å². The highest BCUT2D eigenvalue weighted by Crippen LogP contribution is 2.26. The smallest absolute Gasteiger partial charge is 0.337 e. The molecule has 0 atom stereocenters. The molecule has 1 heterocycles. The summed E-state index contributed by atoms with van der Waals surface area (Å²) in [5.74, 6) is -1.11. The van der Waals surface area contributed by atoms with Crippen molar-refractivity contribution in [1.29, 1.82) is 0 Å². The average Bonchev–Trinajstić information content (AvgIpc) is 2.68. The van der Waals surface area contributed by atoms with Crippen molar-refractivity contribution in [3.05, 3.63) is 53.6 Å². The molecule has 0 aromatic heterocycles. The number of nitrogens with one attached hydrogen (secondary N) is 1. The van der Waals surface area contributed by atoms with E-state index in [0.29, 0.717) is 37.6 Å². The Hall–Kier alpha value is -3.06. The minimum atomic E-state index is -1.10. The number of amides is 1. The Kier molecular flexibility index (Phi) is 5.38. The molecular weight excluding hydrogens is 336 g/mol. The second kappa shape index (κ2) is 7.88. The molecule has 1 saturated heterocycles. The number of ether oxygens (including phenoxy) is 2. The van der Waals surface area contributed by atoms with Crippen molar-refractivity contribution in [1.82, 2.24) is 0 Å². The Bertz CT molecular complexity index is 815. The number of hydrogen-bond acceptors (Lipinski definition) is 5. The normalized spacial score (nSPS) is 14.0. The highest BCUT2D eigenvalue weighted by Gasteiger charge is 2.19. The topological polar surface area (TPSA) is 88.1 Å². The predicted octanol–water partition coefficient (Wildman–Crippen LogP) is 2.48. The standard InChI is InChI=1S/C19H20N2O5/c1-25-17-5-3-2-4-14(17)18(22)20-16-7-6-13(12-15(16)19(23)24)21-8-10-26-11-9-21/h2-7,12H,8-11H2,1H3,(H,20,22)(H,23,24). The number of benzene rings is 2. The van der Waals surface area contributed by atoms with Gasteiger partial charge in [-0.05, 0) is 30.3 Å². The summed E-state index contributed by atoms with van der Waals surface area (Å²) in [5.41, 5.74) is 1.41. The molecule has 0 bridgehead atoms. The van der Waals surface area contributed by atoms with E-state index in [-0.39, 0.29) is 11.3 Å². The summed E-state index contributed by atoms with van der Waals surface area (Å²) in [6.07, 6.45) is 0. The van der Waals surface area contributed by atoms with E-state index >= 15 is 0 Å². The largest absolute Gasteiger partial charge is 0.496 e. The van der Waals surface area contributed by atoms with Crippen LogP contribution in [0.3, 0.4) is 0 Å². The maximum atomic E-state index is 12.5. The minimum absolute atomic E-state index is 0.0391. The number of carboxylic acid groups (broad SMARTS) is 1. The number of morpholine rings is 1. The molecule has 0 radical (unpaired) electrons. The quantitative estimate of drug-likeness (QED) is 0.856. The number of carbonyl (C=O) groups excluding carboxylic acids is 1. The lowest BCUT2D eigenvalue weighted by Crippen LogP contribution is -2.36. The first kappa shape index (κ1) is 17.8. The molecule has 1 aliphatic heterocycles. The van der Waals surface area contributed by atoms with Gasteiger partial charge in [0.05, 0.1) is 37.1 Å². The number of para-hydroxylation sites is 1. The van der Waals surface area contributed by atoms with Crippen molar-refractivity contribution < 1.29 is 24.2 Å². The van der Waals surface area contributed by atoms with Crippen LogP contribution in [-0.4, -0.2) is 50.4 Å². The van der Waals surface area contributed by atoms with E-state index in [4.69, 9.17) is 9.47 Å². The molecule has 7 nitrogen and oxygen atoms in total. The molecule has 1 aliphatic rings. The maximum absolute atomic E-state index is 12.5. The van der Waals surface area contributed by atoms with Gasteiger partial charge in [0.25, 0.3) is 5.91 Å². The lowest BCUT2D eigenvalue weighted by Gasteiger charge is -2.29. The Morgan fingerprint density at radius 1 is 1.12 bits per heavy atom. The summed E-state index contributed by atoms with van der Waals surface area (Å²) in [4.78, 5) is 26.3. The fourth-order valence-electron chi connectivity index (χ4n) is 2.86. The van der Waals surface area contributed by atoms with Gasteiger partial charge in [0.1, 0.15) is 5.75 Å². The number of anilines is 2. The molecule has 0 spiro atoms. The molecule has 3 rings (SSSR count). The molecule has 2 aromatic rings. The second-order valence-corrected chi connectivity index (χ2v) is 5.79. The molecule has 0 unspecified atom stereocenters. The Morgan fingerprint density at radius 3 is 2.54 bits per heavy atom. The van der Waals surface area contributed by atoms with Crippen LogP contribution in [0.2, 0.25) is 0 Å². The highest BCUT2D eigenvalue weighted by molar-refractivity contribution is 6.09. The molecule has 1 amide bonds. The zero-order valence-electron chi connectivity index (χ0n) is 14.4. The van der Waals surface area contributed by atoms with Gasteiger partial charge in [0.2, 0.25) is 0 Å². The first-order chi connectivity index (χ1) is 12.6. The van der Waals surface area contributed by atoms with Crippen molar-refractivity contribution in [2.75, 3.05) is 43.6 Å². The number of rotatable bonds is 5. The van der Waals surface area contributed by atoms with E-state index in [1.54, 1.807) is 42.5 Å². The minimum Gasteiger partial charge on any atom is -0.496 e. The summed E-state index contributed by atoms with van der Waals surface area (Å²) in [7, 11) is 1.48. The Balaban J connectivity index is 1.87. The van der Waals surface area contributed by atoms with E-state index in [0.717, 1.165) is 5.69 Å². The lowest BCUT2D eigenvalue weighted by molar-refractivity contribution is 0.0698. The fraction of sp³-hybridized carbons (Fsp3) is 0.263. The molecule has 2 aromatic carbocycles. The molecular formula is C19H20N2O5. The first-order valence-corrected chi connectivity index (χ1v) is 8.24. The molecule has 136 valence electrons. The van der Waals surface area contributed by atoms with Crippen molar-refractivity contribution in [3.63, 3.8) is 0 Å². The molecule has 0 saturated carbocycles. The summed E-state index contributed by atoms with van der Waals surface area (Å²) < 4.78 is 10.5. The van der Waals surface area contributed by atoms with Gasteiger partial charge in [-0.15, -0.1) is 0 Å². The number of aromatic carboxylic acids is 1. The van der Waals surface area contributed by atoms with E-state index in [1.165, 1.54) is 7.11 Å². The van der Waals surface area contributed by atoms with Gasteiger partial charge >= 0.3 is 5.97 Å². The summed E-state index contributed by atoms with van der Waals surface area (Å²) in [5, 5.41) is 12.2. The van der Waals surface area contributed by atoms with Crippen LogP contribution in [0.4, 0.5) is 11.4 Å². The van der Waals surface area contributed by atoms with Crippen LogP contribution in [0.5, 0.6) is 5.75 Å². The van der Waals surface area contributed by atoms with Crippen LogP contribution in [-0.2, 0) is 4.74 Å². The predicted molar refractivity (Wildman–Crippen MR) is 97.4 cm³/mol. The molecule has 26 heavy (non-hydrogen) atoms. The second-order valence-electron chi connectivity index (χ2n) is 5.79. The lowest BCUT2D eigenvalue weighted by atomic mass is 10.1. The van der Waals surface area contributed by atoms with Crippen molar-refractivity contribution in [2.45, 2.75) is 0 Å². The van der Waals surface area contributed by atoms with Crippen LogP contribution < -0.4 is 15.0 Å². The van der Waals surface area contributed by atoms with E-state index < -0.39 is 11.9 Å². The number of carbonyl (C=O) groups is 2. The summed E-state index contributed by atoms with van der Waals surface area (Å²) in [6, 6.07) is 11.8. The Labute approximate surface area is 151 Å². The maximum Gasteiger partial charge on any atom is 0.337 e. The number of hydrogen-bond donors (Lipinski definition) is 2. The van der Waals surface area contributed by atoms with E-state index in [9.17, 15) is 14.7 Å². The molecule has 1 fully saturated rings. The zero-order chi connectivity index (χ0) is 18.5. The molecule has 7 heteroatoms. The third kappa shape index (κ3) is 3.78. The van der Waals surface area contributed by atoms with Gasteiger partial charge in [-0.3, -0.25) is 4.79 Å². The van der Waals surface area contributed by atoms with Gasteiger partial charge < -0.3 is 24.8 Å². The van der Waals surface area contributed by atoms with E-state index in [1.807, 2.05) is 0 Å². The van der Waals surface area contributed by atoms with Crippen LogP contribution >= 0.6 is 0 Å². The Morgan fingerprint density at radius 2 is 1.85 bits per heavy atom. The average molecular weight is 356 g/mol. The van der Waals surface area contributed by atoms with E-state index in [2.05, 4.69) is 10.2 Å². The zero-order valence-corrected chi connectivity index (χ0v) is 14.4. The van der Waals surface area contributed by atoms with Gasteiger partial charge in [-0.2, -0.15) is 0 Å². The first-order valence-electron chi connectivity index (χ1n) is 8.24. The summed E-state index contributed by atoms with van der Waals surface area (Å²) >= 11 is 0. The SMILES string of the molecule is COc1ccccc1C(=O)Nc1ccc(N2CCOCC2)cc1C(=O)O. The fourth-order valence-corrected chi connectivity index (χ4v) is 2.86. The third-order valence-corrected chi connectivity index (χ3v) is 4.21. The van der Waals surface area contributed by atoms with Crippen molar-refractivity contribution in [2.24, 2.45) is 0 Å². The van der Waals surface area contributed by atoms with Crippen molar-refractivity contribution in [3.8, 4) is 5.75 Å². The van der Waals surface area contributed by atoms with Gasteiger partial charge in [0, 0.05) is 18.8 Å². The number of carboxylic acids is 1. The number of methoxy groups -OCH3 is 1. The van der Waals surface area contributed by atoms with Crippen LogP contribution in [0, 0.1) is 0 Å². The molecule has 2 N–H and O–H groups in total. The van der Waals surface area contributed by atoms with Crippen LogP contribution in [0.15, 0.2) is 42.5 Å². The molecule has 0 aliphatic carbocycles. The highest BCUT2D eigenvalue weighted by atomic mass is 16.5. The number of nitrogens with zero attached hydrogens (tertiary/aromatic N) is 1. The van der Waals surface area contributed by atoms with Gasteiger partial charge in [-0.25, -0.2) is 4.79 Å².